The van der Waals surface area contributed by atoms with Gasteiger partial charge < -0.3 is 25.1 Å². The number of H-pyrrole nitrogens is 1. The number of aromatic nitrogens is 1. The first-order valence-electron chi connectivity index (χ1n) is 16.7. The number of anilines is 2. The molecular weight excluding hydrogens is 565 g/mol. The molecule has 45 heavy (non-hydrogen) atoms. The van der Waals surface area contributed by atoms with Crippen molar-refractivity contribution in [1.29, 1.82) is 0 Å². The number of hydrogen-bond acceptors (Lipinski definition) is 4. The summed E-state index contributed by atoms with van der Waals surface area (Å²) in [6, 6.07) is 10.9. The fourth-order valence-corrected chi connectivity index (χ4v) is 5.33. The van der Waals surface area contributed by atoms with Crippen LogP contribution >= 0.6 is 0 Å². The Morgan fingerprint density at radius 1 is 0.956 bits per heavy atom. The molecule has 0 spiro atoms. The van der Waals surface area contributed by atoms with E-state index in [1.807, 2.05) is 59.8 Å². The van der Waals surface area contributed by atoms with Gasteiger partial charge in [0.15, 0.2) is 17.3 Å². The van der Waals surface area contributed by atoms with Gasteiger partial charge in [-0.3, -0.25) is 4.79 Å². The quantitative estimate of drug-likeness (QED) is 0.124. The third-order valence-corrected chi connectivity index (χ3v) is 7.57. The first kappa shape index (κ1) is 37.2. The third-order valence-electron chi connectivity index (χ3n) is 7.57. The molecule has 0 fully saturated rings. The smallest absolute Gasteiger partial charge is 0.255 e. The molecule has 1 atom stereocenters. The second-order valence-corrected chi connectivity index (χ2v) is 10.6. The van der Waals surface area contributed by atoms with E-state index < -0.39 is 5.82 Å². The maximum atomic E-state index is 14.5. The van der Waals surface area contributed by atoms with E-state index >= 15 is 0 Å². The summed E-state index contributed by atoms with van der Waals surface area (Å²) in [5.74, 6) is 0.720. The zero-order valence-corrected chi connectivity index (χ0v) is 28.7. The fraction of sp³-hybridized carbons (Fsp3) is 0.447. The first-order chi connectivity index (χ1) is 21.9. The standard InChI is InChI=1S/C34H42FN3O3.2C2H6/c1-6-9-10-12-24(11-7-2)25-14-16-26(17-15-25)34(39)38-31-27(23(5)37-29(31)8-3)18-13-22(4)36-32-28(35)19-20-30-33(32)41-21-40-30;2*1-2/h13-20,24,36-37H,4,6-12,21H2,1-3,5H3,(H,38,39);2*1-2H3/b18-13-;;. The molecule has 0 bridgehead atoms. The van der Waals surface area contributed by atoms with E-state index in [1.165, 1.54) is 43.4 Å². The van der Waals surface area contributed by atoms with Crippen LogP contribution in [0.4, 0.5) is 15.8 Å². The molecular formula is C38H54FN3O3. The Labute approximate surface area is 270 Å². The van der Waals surface area contributed by atoms with Crippen LogP contribution in [0.25, 0.3) is 6.08 Å². The SMILES string of the molecule is C=C(/C=C\c1c(C)[nH]c(CC)c1NC(=O)c1ccc(C(CCC)CCCCC)cc1)Nc1c(F)ccc2c1OCO2.CC.CC. The highest BCUT2D eigenvalue weighted by molar-refractivity contribution is 6.06. The monoisotopic (exact) mass is 619 g/mol. The lowest BCUT2D eigenvalue weighted by molar-refractivity contribution is 0.102. The number of fused-ring (bicyclic) bond motifs is 1. The van der Waals surface area contributed by atoms with E-state index in [2.05, 4.69) is 48.2 Å². The topological polar surface area (TPSA) is 75.4 Å². The molecule has 2 heterocycles. The Morgan fingerprint density at radius 2 is 1.67 bits per heavy atom. The molecule has 0 saturated carbocycles. The Kier molecular flexibility index (Phi) is 16.0. The van der Waals surface area contributed by atoms with Gasteiger partial charge in [0.05, 0.1) is 5.69 Å². The third kappa shape index (κ3) is 10.0. The summed E-state index contributed by atoms with van der Waals surface area (Å²) in [5.41, 5.74) is 5.98. The van der Waals surface area contributed by atoms with Gasteiger partial charge in [0.2, 0.25) is 6.79 Å². The molecule has 1 aromatic heterocycles. The van der Waals surface area contributed by atoms with E-state index in [1.54, 1.807) is 6.08 Å². The predicted molar refractivity (Wildman–Crippen MR) is 188 cm³/mol. The molecule has 0 saturated heterocycles. The van der Waals surface area contributed by atoms with Crippen molar-refractivity contribution < 1.29 is 18.7 Å². The summed E-state index contributed by atoms with van der Waals surface area (Å²) >= 11 is 0. The molecule has 4 rings (SSSR count). The number of hydrogen-bond donors (Lipinski definition) is 3. The Bertz CT molecular complexity index is 1390. The van der Waals surface area contributed by atoms with Crippen molar-refractivity contribution in [1.82, 2.24) is 4.98 Å². The van der Waals surface area contributed by atoms with Crippen molar-refractivity contribution in [2.24, 2.45) is 0 Å². The fourth-order valence-electron chi connectivity index (χ4n) is 5.33. The van der Waals surface area contributed by atoms with Crippen LogP contribution in [0.5, 0.6) is 11.5 Å². The number of amides is 1. The van der Waals surface area contributed by atoms with Crippen LogP contribution in [0.15, 0.2) is 54.8 Å². The van der Waals surface area contributed by atoms with E-state index in [-0.39, 0.29) is 18.4 Å². The molecule has 3 N–H and O–H groups in total. The second-order valence-electron chi connectivity index (χ2n) is 10.6. The lowest BCUT2D eigenvalue weighted by Crippen LogP contribution is -2.13. The van der Waals surface area contributed by atoms with Crippen molar-refractivity contribution in [3.63, 3.8) is 0 Å². The Morgan fingerprint density at radius 3 is 2.31 bits per heavy atom. The van der Waals surface area contributed by atoms with Gasteiger partial charge in [-0.15, -0.1) is 0 Å². The minimum Gasteiger partial charge on any atom is -0.454 e. The van der Waals surface area contributed by atoms with Crippen LogP contribution in [0.3, 0.4) is 0 Å². The van der Waals surface area contributed by atoms with Crippen molar-refractivity contribution in [2.45, 2.75) is 106 Å². The van der Waals surface area contributed by atoms with Gasteiger partial charge in [0.1, 0.15) is 5.69 Å². The van der Waals surface area contributed by atoms with Crippen LogP contribution in [0.2, 0.25) is 0 Å². The lowest BCUT2D eigenvalue weighted by Gasteiger charge is -2.17. The second kappa shape index (κ2) is 19.4. The lowest BCUT2D eigenvalue weighted by atomic mass is 9.89. The Balaban J connectivity index is 0.00000169. The number of aryl methyl sites for hydroxylation is 2. The van der Waals surface area contributed by atoms with E-state index in [9.17, 15) is 9.18 Å². The van der Waals surface area contributed by atoms with Crippen LogP contribution in [0, 0.1) is 12.7 Å². The normalized spacial score (nSPS) is 12.1. The number of nitrogens with one attached hydrogen (secondary N) is 3. The molecule has 6 nitrogen and oxygen atoms in total. The van der Waals surface area contributed by atoms with Gasteiger partial charge in [-0.1, -0.05) is 92.9 Å². The summed E-state index contributed by atoms with van der Waals surface area (Å²) < 4.78 is 25.3. The van der Waals surface area contributed by atoms with Crippen LogP contribution in [0.1, 0.15) is 126 Å². The van der Waals surface area contributed by atoms with Crippen LogP contribution < -0.4 is 20.1 Å². The zero-order valence-electron chi connectivity index (χ0n) is 28.7. The van der Waals surface area contributed by atoms with E-state index in [4.69, 9.17) is 9.47 Å². The zero-order chi connectivity index (χ0) is 33.4. The maximum Gasteiger partial charge on any atom is 0.255 e. The van der Waals surface area contributed by atoms with Gasteiger partial charge >= 0.3 is 0 Å². The number of benzene rings is 2. The van der Waals surface area contributed by atoms with E-state index in [0.717, 1.165) is 41.9 Å². The minimum absolute atomic E-state index is 0.0438. The van der Waals surface area contributed by atoms with Crippen LogP contribution in [-0.4, -0.2) is 17.7 Å². The van der Waals surface area contributed by atoms with Gasteiger partial charge in [0, 0.05) is 28.2 Å². The molecule has 246 valence electrons. The van der Waals surface area contributed by atoms with Crippen LogP contribution in [-0.2, 0) is 6.42 Å². The van der Waals surface area contributed by atoms with Crippen molar-refractivity contribution in [2.75, 3.05) is 17.4 Å². The number of aromatic amines is 1. The molecule has 3 aromatic rings. The molecule has 0 radical (unpaired) electrons. The summed E-state index contributed by atoms with van der Waals surface area (Å²) in [6.45, 7) is 20.5. The number of halogens is 1. The van der Waals surface area contributed by atoms with Gasteiger partial charge in [-0.2, -0.15) is 0 Å². The average molecular weight is 620 g/mol. The largest absolute Gasteiger partial charge is 0.454 e. The number of carbonyl (C=O) groups is 1. The highest BCUT2D eigenvalue weighted by Crippen LogP contribution is 2.41. The molecule has 0 aliphatic carbocycles. The minimum atomic E-state index is -0.462. The molecule has 1 aliphatic rings. The molecule has 7 heteroatoms. The number of rotatable bonds is 14. The molecule has 1 amide bonds. The van der Waals surface area contributed by atoms with Crippen molar-refractivity contribution in [3.05, 3.63) is 88.6 Å². The highest BCUT2D eigenvalue weighted by atomic mass is 19.1. The molecule has 1 unspecified atom stereocenters. The summed E-state index contributed by atoms with van der Waals surface area (Å²) in [6.07, 6.45) is 11.5. The predicted octanol–water partition coefficient (Wildman–Crippen LogP) is 11.2. The summed E-state index contributed by atoms with van der Waals surface area (Å²) in [7, 11) is 0. The number of ether oxygens (including phenoxy) is 2. The maximum absolute atomic E-state index is 14.5. The van der Waals surface area contributed by atoms with Crippen molar-refractivity contribution >= 4 is 23.4 Å². The first-order valence-corrected chi connectivity index (χ1v) is 16.7. The molecule has 1 aliphatic heterocycles. The van der Waals surface area contributed by atoms with Gasteiger partial charge in [0.25, 0.3) is 5.91 Å². The number of unbranched alkanes of at least 4 members (excludes halogenated alkanes) is 2. The molecule has 2 aromatic carbocycles. The van der Waals surface area contributed by atoms with Gasteiger partial charge in [-0.25, -0.2) is 4.39 Å². The van der Waals surface area contributed by atoms with Crippen molar-refractivity contribution in [3.8, 4) is 11.5 Å². The number of allylic oxidation sites excluding steroid dienone is 1. The number of carbonyl (C=O) groups excluding carboxylic acids is 1. The summed E-state index contributed by atoms with van der Waals surface area (Å²) in [4.78, 5) is 16.7. The van der Waals surface area contributed by atoms with Gasteiger partial charge in [-0.05, 0) is 74.1 Å². The highest BCUT2D eigenvalue weighted by Gasteiger charge is 2.22. The summed E-state index contributed by atoms with van der Waals surface area (Å²) in [5, 5.41) is 6.12. The Hall–Kier alpha value is -4.00. The van der Waals surface area contributed by atoms with E-state index in [0.29, 0.717) is 28.7 Å². The average Bonchev–Trinajstić information content (AvgIpc) is 3.67.